The fourth-order valence-corrected chi connectivity index (χ4v) is 2.04. The van der Waals surface area contributed by atoms with Crippen molar-refractivity contribution in [3.8, 4) is 5.75 Å². The largest absolute Gasteiger partial charge is 0.488 e. The number of rotatable bonds is 4. The molecule has 1 aromatic carbocycles. The van der Waals surface area contributed by atoms with E-state index in [1.807, 2.05) is 25.1 Å². The van der Waals surface area contributed by atoms with Crippen LogP contribution in [0.25, 0.3) is 0 Å². The lowest BCUT2D eigenvalue weighted by Crippen LogP contribution is -2.03. The van der Waals surface area contributed by atoms with Crippen molar-refractivity contribution in [1.29, 1.82) is 0 Å². The van der Waals surface area contributed by atoms with Crippen molar-refractivity contribution in [2.45, 2.75) is 13.5 Å². The average molecular weight is 311 g/mol. The Morgan fingerprint density at radius 2 is 2.22 bits per heavy atom. The van der Waals surface area contributed by atoms with Gasteiger partial charge in [-0.15, -0.1) is 0 Å². The van der Waals surface area contributed by atoms with Crippen LogP contribution in [0.3, 0.4) is 0 Å². The van der Waals surface area contributed by atoms with Crippen LogP contribution in [-0.2, 0) is 6.61 Å². The van der Waals surface area contributed by atoms with Crippen LogP contribution < -0.4 is 4.74 Å². The van der Waals surface area contributed by atoms with Gasteiger partial charge in [0.2, 0.25) is 5.76 Å². The second kappa shape index (κ2) is 5.27. The molecule has 1 aromatic heterocycles. The number of aromatic carboxylic acids is 1. The molecule has 0 aliphatic carbocycles. The number of hydrogen-bond donors (Lipinski definition) is 1. The standard InChI is InChI=1S/C13H11BrO4/c1-8-6-10(14)2-3-11(8)18-7-9-4-5-17-12(9)13(15)16/h2-6H,7H2,1H3,(H,15,16). The Morgan fingerprint density at radius 3 is 2.89 bits per heavy atom. The highest BCUT2D eigenvalue weighted by Gasteiger charge is 2.14. The van der Waals surface area contributed by atoms with Crippen molar-refractivity contribution in [2.75, 3.05) is 0 Å². The molecule has 0 atom stereocenters. The Hall–Kier alpha value is -1.75. The van der Waals surface area contributed by atoms with Crippen molar-refractivity contribution in [2.24, 2.45) is 0 Å². The van der Waals surface area contributed by atoms with Crippen molar-refractivity contribution in [1.82, 2.24) is 0 Å². The third-order valence-electron chi connectivity index (χ3n) is 2.46. The summed E-state index contributed by atoms with van der Waals surface area (Å²) in [5.41, 5.74) is 1.49. The summed E-state index contributed by atoms with van der Waals surface area (Å²) in [5, 5.41) is 8.89. The number of hydrogen-bond acceptors (Lipinski definition) is 3. The molecule has 0 radical (unpaired) electrons. The lowest BCUT2D eigenvalue weighted by molar-refractivity contribution is 0.0658. The summed E-state index contributed by atoms with van der Waals surface area (Å²) >= 11 is 3.37. The minimum absolute atomic E-state index is 0.0789. The number of furan rings is 1. The molecule has 0 saturated heterocycles. The SMILES string of the molecule is Cc1cc(Br)ccc1OCc1ccoc1C(=O)O. The molecule has 4 nitrogen and oxygen atoms in total. The summed E-state index contributed by atoms with van der Waals surface area (Å²) in [5.74, 6) is -0.452. The van der Waals surface area contributed by atoms with E-state index in [4.69, 9.17) is 14.3 Å². The van der Waals surface area contributed by atoms with Crippen LogP contribution in [-0.4, -0.2) is 11.1 Å². The number of halogens is 1. The first-order valence-electron chi connectivity index (χ1n) is 5.26. The molecule has 1 N–H and O–H groups in total. The molecule has 0 spiro atoms. The molecule has 0 aliphatic heterocycles. The van der Waals surface area contributed by atoms with Gasteiger partial charge in [0.1, 0.15) is 12.4 Å². The zero-order valence-corrected chi connectivity index (χ0v) is 11.2. The molecule has 94 valence electrons. The van der Waals surface area contributed by atoms with E-state index in [1.54, 1.807) is 6.07 Å². The molecule has 0 fully saturated rings. The van der Waals surface area contributed by atoms with Gasteiger partial charge < -0.3 is 14.3 Å². The second-order valence-electron chi connectivity index (χ2n) is 3.78. The maximum Gasteiger partial charge on any atom is 0.372 e. The van der Waals surface area contributed by atoms with Crippen molar-refractivity contribution < 1.29 is 19.1 Å². The molecule has 5 heteroatoms. The van der Waals surface area contributed by atoms with E-state index in [9.17, 15) is 4.79 Å². The monoisotopic (exact) mass is 310 g/mol. The summed E-state index contributed by atoms with van der Waals surface area (Å²) in [6, 6.07) is 7.23. The summed E-state index contributed by atoms with van der Waals surface area (Å²) in [6.45, 7) is 2.09. The number of carboxylic acid groups (broad SMARTS) is 1. The fourth-order valence-electron chi connectivity index (χ4n) is 1.57. The highest BCUT2D eigenvalue weighted by Crippen LogP contribution is 2.23. The molecule has 18 heavy (non-hydrogen) atoms. The number of carboxylic acids is 1. The van der Waals surface area contributed by atoms with E-state index >= 15 is 0 Å². The molecule has 0 aliphatic rings. The molecule has 2 aromatic rings. The van der Waals surface area contributed by atoms with E-state index in [0.717, 1.165) is 15.8 Å². The Morgan fingerprint density at radius 1 is 1.44 bits per heavy atom. The van der Waals surface area contributed by atoms with Gasteiger partial charge in [-0.2, -0.15) is 0 Å². The Kier molecular flexibility index (Phi) is 3.72. The lowest BCUT2D eigenvalue weighted by atomic mass is 10.2. The number of carbonyl (C=O) groups is 1. The van der Waals surface area contributed by atoms with Crippen LogP contribution in [0.2, 0.25) is 0 Å². The highest BCUT2D eigenvalue weighted by atomic mass is 79.9. The van der Waals surface area contributed by atoms with E-state index in [0.29, 0.717) is 5.56 Å². The van der Waals surface area contributed by atoms with Gasteiger partial charge >= 0.3 is 5.97 Å². The molecule has 2 rings (SSSR count). The predicted octanol–water partition coefficient (Wildman–Crippen LogP) is 3.63. The second-order valence-corrected chi connectivity index (χ2v) is 4.69. The van der Waals surface area contributed by atoms with Crippen LogP contribution in [0.15, 0.2) is 39.4 Å². The fraction of sp³-hybridized carbons (Fsp3) is 0.154. The van der Waals surface area contributed by atoms with E-state index in [1.165, 1.54) is 6.26 Å². The number of aryl methyl sites for hydroxylation is 1. The van der Waals surface area contributed by atoms with Gasteiger partial charge in [0.25, 0.3) is 0 Å². The third kappa shape index (κ3) is 2.73. The number of ether oxygens (including phenoxy) is 1. The molecular weight excluding hydrogens is 300 g/mol. The molecule has 1 heterocycles. The van der Waals surface area contributed by atoms with Crippen LogP contribution in [0.4, 0.5) is 0 Å². The van der Waals surface area contributed by atoms with E-state index < -0.39 is 5.97 Å². The van der Waals surface area contributed by atoms with E-state index in [-0.39, 0.29) is 12.4 Å². The van der Waals surface area contributed by atoms with Gasteiger partial charge in [0, 0.05) is 10.0 Å². The maximum atomic E-state index is 10.9. The van der Waals surface area contributed by atoms with Gasteiger partial charge in [0.15, 0.2) is 0 Å². The normalized spacial score (nSPS) is 10.3. The third-order valence-corrected chi connectivity index (χ3v) is 2.95. The molecule has 0 saturated carbocycles. The predicted molar refractivity (Wildman–Crippen MR) is 68.9 cm³/mol. The first kappa shape index (κ1) is 12.7. The van der Waals surface area contributed by atoms with Crippen molar-refractivity contribution >= 4 is 21.9 Å². The van der Waals surface area contributed by atoms with Gasteiger partial charge in [0.05, 0.1) is 6.26 Å². The van der Waals surface area contributed by atoms with Crippen LogP contribution in [0.1, 0.15) is 21.7 Å². The Balaban J connectivity index is 2.11. The lowest BCUT2D eigenvalue weighted by Gasteiger charge is -2.08. The first-order chi connectivity index (χ1) is 8.58. The molecular formula is C13H11BrO4. The smallest absolute Gasteiger partial charge is 0.372 e. The van der Waals surface area contributed by atoms with Crippen LogP contribution >= 0.6 is 15.9 Å². The zero-order valence-electron chi connectivity index (χ0n) is 9.64. The van der Waals surface area contributed by atoms with Crippen molar-refractivity contribution in [3.05, 3.63) is 51.9 Å². The molecule has 0 unspecified atom stereocenters. The summed E-state index contributed by atoms with van der Waals surface area (Å²) < 4.78 is 11.4. The molecule has 0 bridgehead atoms. The average Bonchev–Trinajstić information content (AvgIpc) is 2.76. The van der Waals surface area contributed by atoms with Crippen molar-refractivity contribution in [3.63, 3.8) is 0 Å². The quantitative estimate of drug-likeness (QED) is 0.936. The van der Waals surface area contributed by atoms with Crippen LogP contribution in [0.5, 0.6) is 5.75 Å². The first-order valence-corrected chi connectivity index (χ1v) is 6.06. The van der Waals surface area contributed by atoms with E-state index in [2.05, 4.69) is 15.9 Å². The minimum atomic E-state index is -1.09. The summed E-state index contributed by atoms with van der Waals surface area (Å²) in [7, 11) is 0. The number of benzene rings is 1. The van der Waals surface area contributed by atoms with Gasteiger partial charge in [-0.1, -0.05) is 15.9 Å². The zero-order chi connectivity index (χ0) is 13.1. The minimum Gasteiger partial charge on any atom is -0.488 e. The topological polar surface area (TPSA) is 59.7 Å². The highest BCUT2D eigenvalue weighted by molar-refractivity contribution is 9.10. The Bertz CT molecular complexity index is 574. The molecule has 0 amide bonds. The summed E-state index contributed by atoms with van der Waals surface area (Å²) in [4.78, 5) is 10.9. The summed E-state index contributed by atoms with van der Waals surface area (Å²) in [6.07, 6.45) is 1.34. The Labute approximate surface area is 112 Å². The van der Waals surface area contributed by atoms with Gasteiger partial charge in [-0.05, 0) is 36.8 Å². The van der Waals surface area contributed by atoms with Gasteiger partial charge in [-0.3, -0.25) is 0 Å². The maximum absolute atomic E-state index is 10.9. The van der Waals surface area contributed by atoms with Gasteiger partial charge in [-0.25, -0.2) is 4.79 Å². The van der Waals surface area contributed by atoms with Crippen LogP contribution in [0, 0.1) is 6.92 Å².